The summed E-state index contributed by atoms with van der Waals surface area (Å²) < 4.78 is 0. The highest BCUT2D eigenvalue weighted by atomic mass is 15.1. The van der Waals surface area contributed by atoms with Crippen LogP contribution in [0.3, 0.4) is 0 Å². The lowest BCUT2D eigenvalue weighted by atomic mass is 10.00. The molecule has 2 aromatic rings. The number of rotatable bonds is 2. The molecule has 2 rings (SSSR count). The highest BCUT2D eigenvalue weighted by Crippen LogP contribution is 2.21. The Kier molecular flexibility index (Phi) is 3.86. The van der Waals surface area contributed by atoms with Crippen molar-refractivity contribution in [1.82, 2.24) is 0 Å². The van der Waals surface area contributed by atoms with Crippen LogP contribution in [-0.2, 0) is 0 Å². The molecule has 0 amide bonds. The van der Waals surface area contributed by atoms with E-state index in [0.717, 1.165) is 5.56 Å². The molecule has 0 atom stereocenters. The maximum atomic E-state index is 8.18. The van der Waals surface area contributed by atoms with E-state index in [-0.39, 0.29) is 0 Å². The standard InChI is InChI=1S/C15H13N3/c1-12-9-10-13-6-2-3-8-15(13)14(12)7-4-5-11-17-18-16/h2-3,6,8-10H,5,11H2,1H3. The number of hydrogen-bond donors (Lipinski definition) is 0. The average Bonchev–Trinajstić information content (AvgIpc) is 2.41. The van der Waals surface area contributed by atoms with Gasteiger partial charge >= 0.3 is 0 Å². The van der Waals surface area contributed by atoms with Crippen molar-refractivity contribution in [3.63, 3.8) is 0 Å². The molecule has 2 aromatic carbocycles. The number of fused-ring (bicyclic) bond motifs is 1. The number of benzene rings is 2. The van der Waals surface area contributed by atoms with E-state index in [0.29, 0.717) is 13.0 Å². The smallest absolute Gasteiger partial charge is 0.0367 e. The molecule has 0 radical (unpaired) electrons. The lowest BCUT2D eigenvalue weighted by molar-refractivity contribution is 1.01. The van der Waals surface area contributed by atoms with E-state index in [1.165, 1.54) is 16.3 Å². The molecule has 0 heterocycles. The second-order valence-corrected chi connectivity index (χ2v) is 3.98. The van der Waals surface area contributed by atoms with Crippen molar-refractivity contribution in [3.05, 3.63) is 58.0 Å². The minimum absolute atomic E-state index is 0.424. The molecule has 0 aromatic heterocycles. The van der Waals surface area contributed by atoms with E-state index < -0.39 is 0 Å². The van der Waals surface area contributed by atoms with Gasteiger partial charge in [0.1, 0.15) is 0 Å². The van der Waals surface area contributed by atoms with Crippen LogP contribution in [0.15, 0.2) is 41.5 Å². The van der Waals surface area contributed by atoms with Crippen molar-refractivity contribution in [2.24, 2.45) is 5.11 Å². The van der Waals surface area contributed by atoms with Crippen LogP contribution in [0.1, 0.15) is 17.5 Å². The van der Waals surface area contributed by atoms with Gasteiger partial charge in [-0.05, 0) is 28.8 Å². The monoisotopic (exact) mass is 235 g/mol. The van der Waals surface area contributed by atoms with Crippen molar-refractivity contribution in [1.29, 1.82) is 0 Å². The summed E-state index contributed by atoms with van der Waals surface area (Å²) in [7, 11) is 0. The van der Waals surface area contributed by atoms with Gasteiger partial charge in [-0.2, -0.15) is 0 Å². The molecule has 0 saturated heterocycles. The zero-order chi connectivity index (χ0) is 12.8. The first-order chi connectivity index (χ1) is 8.83. The van der Waals surface area contributed by atoms with Gasteiger partial charge in [-0.25, -0.2) is 0 Å². The van der Waals surface area contributed by atoms with E-state index in [9.17, 15) is 0 Å². The van der Waals surface area contributed by atoms with E-state index in [1.54, 1.807) is 0 Å². The molecular weight excluding hydrogens is 222 g/mol. The predicted molar refractivity (Wildman–Crippen MR) is 74.2 cm³/mol. The largest absolute Gasteiger partial charge is 0.0977 e. The Morgan fingerprint density at radius 2 is 2.06 bits per heavy atom. The fraction of sp³-hybridized carbons (Fsp3) is 0.200. The Morgan fingerprint density at radius 3 is 2.89 bits per heavy atom. The first-order valence-corrected chi connectivity index (χ1v) is 5.81. The van der Waals surface area contributed by atoms with Crippen molar-refractivity contribution < 1.29 is 0 Å². The normalized spacial score (nSPS) is 9.39. The number of nitrogens with zero attached hydrogens (tertiary/aromatic N) is 3. The van der Waals surface area contributed by atoms with Gasteiger partial charge in [-0.1, -0.05) is 53.4 Å². The Labute approximate surface area is 106 Å². The highest BCUT2D eigenvalue weighted by Gasteiger charge is 2.00. The van der Waals surface area contributed by atoms with Gasteiger partial charge < -0.3 is 0 Å². The minimum Gasteiger partial charge on any atom is -0.0977 e. The van der Waals surface area contributed by atoms with Crippen LogP contribution in [0, 0.1) is 18.8 Å². The van der Waals surface area contributed by atoms with Crippen molar-refractivity contribution in [3.8, 4) is 11.8 Å². The predicted octanol–water partition coefficient (Wildman–Crippen LogP) is 4.20. The first kappa shape index (κ1) is 12.0. The van der Waals surface area contributed by atoms with Gasteiger partial charge in [0.15, 0.2) is 0 Å². The summed E-state index contributed by atoms with van der Waals surface area (Å²) in [6.07, 6.45) is 0.590. The average molecular weight is 235 g/mol. The van der Waals surface area contributed by atoms with Gasteiger partial charge in [0.05, 0.1) is 0 Å². The van der Waals surface area contributed by atoms with Gasteiger partial charge in [0.2, 0.25) is 0 Å². The van der Waals surface area contributed by atoms with E-state index in [4.69, 9.17) is 5.53 Å². The van der Waals surface area contributed by atoms with E-state index in [2.05, 4.69) is 53.1 Å². The molecule has 0 aliphatic heterocycles. The molecule has 3 heteroatoms. The summed E-state index contributed by atoms with van der Waals surface area (Å²) in [6, 6.07) is 12.4. The molecule has 0 N–H and O–H groups in total. The summed E-state index contributed by atoms with van der Waals surface area (Å²) in [5, 5.41) is 5.84. The Balaban J connectivity index is 2.37. The van der Waals surface area contributed by atoms with Gasteiger partial charge in [-0.3, -0.25) is 0 Å². The Bertz CT molecular complexity index is 671. The molecular formula is C15H13N3. The summed E-state index contributed by atoms with van der Waals surface area (Å²) in [5.74, 6) is 6.24. The zero-order valence-electron chi connectivity index (χ0n) is 10.2. The zero-order valence-corrected chi connectivity index (χ0v) is 10.2. The third-order valence-electron chi connectivity index (χ3n) is 2.75. The molecule has 0 spiro atoms. The van der Waals surface area contributed by atoms with E-state index >= 15 is 0 Å². The molecule has 18 heavy (non-hydrogen) atoms. The molecule has 0 bridgehead atoms. The lowest BCUT2D eigenvalue weighted by Gasteiger charge is -2.03. The topological polar surface area (TPSA) is 48.8 Å². The maximum absolute atomic E-state index is 8.18. The van der Waals surface area contributed by atoms with Crippen molar-refractivity contribution >= 4 is 10.8 Å². The SMILES string of the molecule is Cc1ccc2ccccc2c1C#CCCN=[N+]=[N-]. The van der Waals surface area contributed by atoms with E-state index in [1.807, 2.05) is 12.1 Å². The second-order valence-electron chi connectivity index (χ2n) is 3.98. The quantitative estimate of drug-likeness (QED) is 0.246. The molecule has 0 saturated carbocycles. The molecule has 0 aliphatic rings. The van der Waals surface area contributed by atoms with Crippen LogP contribution in [0.4, 0.5) is 0 Å². The van der Waals surface area contributed by atoms with Crippen LogP contribution in [0.25, 0.3) is 21.2 Å². The highest BCUT2D eigenvalue weighted by molar-refractivity contribution is 5.89. The van der Waals surface area contributed by atoms with Crippen LogP contribution in [-0.4, -0.2) is 6.54 Å². The summed E-state index contributed by atoms with van der Waals surface area (Å²) in [5.41, 5.74) is 10.4. The van der Waals surface area contributed by atoms with Crippen molar-refractivity contribution in [2.75, 3.05) is 6.54 Å². The van der Waals surface area contributed by atoms with Crippen LogP contribution in [0.2, 0.25) is 0 Å². The van der Waals surface area contributed by atoms with Crippen LogP contribution in [0.5, 0.6) is 0 Å². The van der Waals surface area contributed by atoms with Gasteiger partial charge in [-0.15, -0.1) is 0 Å². The molecule has 0 fully saturated rings. The van der Waals surface area contributed by atoms with Crippen LogP contribution < -0.4 is 0 Å². The summed E-state index contributed by atoms with van der Waals surface area (Å²) in [6.45, 7) is 2.48. The van der Waals surface area contributed by atoms with Crippen molar-refractivity contribution in [2.45, 2.75) is 13.3 Å². The molecule has 0 unspecified atom stereocenters. The number of hydrogen-bond acceptors (Lipinski definition) is 1. The summed E-state index contributed by atoms with van der Waals surface area (Å²) in [4.78, 5) is 2.70. The third kappa shape index (κ3) is 2.63. The molecule has 88 valence electrons. The number of azide groups is 1. The van der Waals surface area contributed by atoms with Gasteiger partial charge in [0, 0.05) is 23.4 Å². The number of aryl methyl sites for hydroxylation is 1. The Hall–Kier alpha value is -2.43. The second kappa shape index (κ2) is 5.77. The lowest BCUT2D eigenvalue weighted by Crippen LogP contribution is -1.85. The first-order valence-electron chi connectivity index (χ1n) is 5.81. The van der Waals surface area contributed by atoms with Crippen LogP contribution >= 0.6 is 0 Å². The maximum Gasteiger partial charge on any atom is 0.0367 e. The summed E-state index contributed by atoms with van der Waals surface area (Å²) >= 11 is 0. The fourth-order valence-corrected chi connectivity index (χ4v) is 1.85. The third-order valence-corrected chi connectivity index (χ3v) is 2.75. The fourth-order valence-electron chi connectivity index (χ4n) is 1.85. The molecule has 3 nitrogen and oxygen atoms in total. The molecule has 0 aliphatic carbocycles. The van der Waals surface area contributed by atoms with Gasteiger partial charge in [0.25, 0.3) is 0 Å². The minimum atomic E-state index is 0.424. The Morgan fingerprint density at radius 1 is 1.22 bits per heavy atom.